The standard InChI is InChI=1S/C22H34N6O7/c1-3-12(2)18(22(34)35)28-20(32)15(6-7-17(29)30)26-21(33)16(9-13-10-23-11-25-13)27-19(31)14-5-4-8-24-14/h10-12,14-16,18,24H,3-9H2,1-2H3,(H,23,25)(H,26,33)(H,27,31)(H,28,32)(H,29,30)(H,34,35). The molecule has 13 nitrogen and oxygen atoms in total. The van der Waals surface area contributed by atoms with Gasteiger partial charge in [-0.25, -0.2) is 9.78 Å². The fraction of sp³-hybridized carbons (Fsp3) is 0.636. The van der Waals surface area contributed by atoms with Gasteiger partial charge in [-0.1, -0.05) is 20.3 Å². The summed E-state index contributed by atoms with van der Waals surface area (Å²) in [5, 5.41) is 29.2. The predicted octanol–water partition coefficient (Wildman–Crippen LogP) is -0.846. The second-order valence-corrected chi connectivity index (χ2v) is 8.69. The SMILES string of the molecule is CCC(C)C(NC(=O)C(CCC(=O)O)NC(=O)C(Cc1cnc[nH]1)NC(=O)C1CCCN1)C(=O)O. The molecular weight excluding hydrogens is 460 g/mol. The predicted molar refractivity (Wildman–Crippen MR) is 123 cm³/mol. The Bertz CT molecular complexity index is 885. The van der Waals surface area contributed by atoms with E-state index in [1.54, 1.807) is 13.8 Å². The maximum Gasteiger partial charge on any atom is 0.326 e. The minimum Gasteiger partial charge on any atom is -0.481 e. The molecule has 1 aromatic rings. The molecular formula is C22H34N6O7. The number of carbonyl (C=O) groups is 5. The van der Waals surface area contributed by atoms with Gasteiger partial charge in [0.2, 0.25) is 17.7 Å². The Labute approximate surface area is 202 Å². The van der Waals surface area contributed by atoms with Gasteiger partial charge in [0.15, 0.2) is 0 Å². The van der Waals surface area contributed by atoms with Crippen molar-refractivity contribution in [2.24, 2.45) is 5.92 Å². The van der Waals surface area contributed by atoms with E-state index in [0.717, 1.165) is 6.42 Å². The van der Waals surface area contributed by atoms with Gasteiger partial charge in [0.25, 0.3) is 0 Å². The first-order valence-electron chi connectivity index (χ1n) is 11.7. The van der Waals surface area contributed by atoms with Crippen LogP contribution in [0.5, 0.6) is 0 Å². The second kappa shape index (κ2) is 13.4. The summed E-state index contributed by atoms with van der Waals surface area (Å²) in [4.78, 5) is 68.2. The minimum absolute atomic E-state index is 0.0577. The maximum atomic E-state index is 13.2. The highest BCUT2D eigenvalue weighted by Crippen LogP contribution is 2.10. The number of imidazole rings is 1. The molecule has 0 aliphatic carbocycles. The molecule has 0 radical (unpaired) electrons. The highest BCUT2D eigenvalue weighted by molar-refractivity contribution is 5.94. The summed E-state index contributed by atoms with van der Waals surface area (Å²) in [6.45, 7) is 4.13. The van der Waals surface area contributed by atoms with Gasteiger partial charge in [-0.3, -0.25) is 19.2 Å². The van der Waals surface area contributed by atoms with Crippen molar-refractivity contribution in [3.63, 3.8) is 0 Å². The fourth-order valence-electron chi connectivity index (χ4n) is 3.75. The van der Waals surface area contributed by atoms with Gasteiger partial charge in [0.05, 0.1) is 12.4 Å². The van der Waals surface area contributed by atoms with Crippen LogP contribution < -0.4 is 21.3 Å². The Hall–Kier alpha value is -3.48. The molecule has 0 aromatic carbocycles. The monoisotopic (exact) mass is 494 g/mol. The van der Waals surface area contributed by atoms with Crippen LogP contribution in [0.15, 0.2) is 12.5 Å². The largest absolute Gasteiger partial charge is 0.481 e. The third-order valence-corrected chi connectivity index (χ3v) is 6.05. The van der Waals surface area contributed by atoms with E-state index in [1.165, 1.54) is 12.5 Å². The first-order valence-corrected chi connectivity index (χ1v) is 11.7. The second-order valence-electron chi connectivity index (χ2n) is 8.69. The lowest BCUT2D eigenvalue weighted by molar-refractivity contribution is -0.144. The molecule has 0 spiro atoms. The molecule has 3 amide bonds. The molecule has 1 aromatic heterocycles. The number of hydrogen-bond acceptors (Lipinski definition) is 7. The minimum atomic E-state index is -1.31. The molecule has 35 heavy (non-hydrogen) atoms. The summed E-state index contributed by atoms with van der Waals surface area (Å²) in [5.74, 6) is -4.67. The average molecular weight is 495 g/mol. The summed E-state index contributed by atoms with van der Waals surface area (Å²) >= 11 is 0. The highest BCUT2D eigenvalue weighted by atomic mass is 16.4. The number of rotatable bonds is 14. The number of amides is 3. The van der Waals surface area contributed by atoms with Crippen molar-refractivity contribution in [1.82, 2.24) is 31.2 Å². The summed E-state index contributed by atoms with van der Waals surface area (Å²) in [5.41, 5.74) is 0.569. The molecule has 2 rings (SSSR count). The van der Waals surface area contributed by atoms with Gasteiger partial charge >= 0.3 is 11.9 Å². The van der Waals surface area contributed by atoms with Gasteiger partial charge < -0.3 is 36.5 Å². The van der Waals surface area contributed by atoms with E-state index < -0.39 is 60.3 Å². The fourth-order valence-corrected chi connectivity index (χ4v) is 3.75. The van der Waals surface area contributed by atoms with Crippen LogP contribution in [0, 0.1) is 5.92 Å². The zero-order valence-corrected chi connectivity index (χ0v) is 19.9. The van der Waals surface area contributed by atoms with Crippen LogP contribution in [0.25, 0.3) is 0 Å². The van der Waals surface area contributed by atoms with Crippen molar-refractivity contribution in [1.29, 1.82) is 0 Å². The van der Waals surface area contributed by atoms with Gasteiger partial charge in [-0.2, -0.15) is 0 Å². The van der Waals surface area contributed by atoms with Gasteiger partial charge in [0, 0.05) is 24.7 Å². The van der Waals surface area contributed by atoms with Crippen molar-refractivity contribution in [2.75, 3.05) is 6.54 Å². The molecule has 5 atom stereocenters. The molecule has 194 valence electrons. The topological polar surface area (TPSA) is 203 Å². The van der Waals surface area contributed by atoms with Crippen LogP contribution in [-0.4, -0.2) is 80.6 Å². The number of carboxylic acid groups (broad SMARTS) is 2. The summed E-state index contributed by atoms with van der Waals surface area (Å²) in [7, 11) is 0. The zero-order chi connectivity index (χ0) is 26.0. The summed E-state index contributed by atoms with van der Waals surface area (Å²) in [6, 6.07) is -4.03. The van der Waals surface area contributed by atoms with E-state index in [9.17, 15) is 29.1 Å². The van der Waals surface area contributed by atoms with Crippen LogP contribution in [-0.2, 0) is 30.4 Å². The lowest BCUT2D eigenvalue weighted by Crippen LogP contribution is -2.58. The quantitative estimate of drug-likeness (QED) is 0.172. The van der Waals surface area contributed by atoms with Crippen molar-refractivity contribution in [3.8, 4) is 0 Å². The van der Waals surface area contributed by atoms with E-state index >= 15 is 0 Å². The third-order valence-electron chi connectivity index (χ3n) is 6.05. The van der Waals surface area contributed by atoms with E-state index in [1.807, 2.05) is 0 Å². The number of aromatic nitrogens is 2. The molecule has 13 heteroatoms. The summed E-state index contributed by atoms with van der Waals surface area (Å²) in [6.07, 6.45) is 4.23. The van der Waals surface area contributed by atoms with E-state index in [4.69, 9.17) is 5.11 Å². The van der Waals surface area contributed by atoms with Gasteiger partial charge in [-0.15, -0.1) is 0 Å². The Balaban J connectivity index is 2.17. The number of nitrogens with one attached hydrogen (secondary N) is 5. The van der Waals surface area contributed by atoms with Crippen molar-refractivity contribution in [2.45, 2.75) is 76.5 Å². The Morgan fingerprint density at radius 3 is 2.37 bits per heavy atom. The van der Waals surface area contributed by atoms with Crippen LogP contribution in [0.2, 0.25) is 0 Å². The zero-order valence-electron chi connectivity index (χ0n) is 19.9. The lowest BCUT2D eigenvalue weighted by Gasteiger charge is -2.26. The Kier molecular flexibility index (Phi) is 10.6. The first-order chi connectivity index (χ1) is 16.6. The molecule has 5 unspecified atom stereocenters. The molecule has 2 heterocycles. The number of aliphatic carboxylic acids is 2. The van der Waals surface area contributed by atoms with Crippen LogP contribution in [0.4, 0.5) is 0 Å². The Morgan fingerprint density at radius 2 is 1.83 bits per heavy atom. The van der Waals surface area contributed by atoms with Crippen molar-refractivity contribution >= 4 is 29.7 Å². The molecule has 0 saturated carbocycles. The first kappa shape index (κ1) is 27.8. The highest BCUT2D eigenvalue weighted by Gasteiger charge is 2.33. The lowest BCUT2D eigenvalue weighted by atomic mass is 9.98. The van der Waals surface area contributed by atoms with Gasteiger partial charge in [0.1, 0.15) is 18.1 Å². The maximum absolute atomic E-state index is 13.2. The Morgan fingerprint density at radius 1 is 1.11 bits per heavy atom. The number of carbonyl (C=O) groups excluding carboxylic acids is 3. The smallest absolute Gasteiger partial charge is 0.326 e. The molecule has 1 fully saturated rings. The molecule has 1 aliphatic heterocycles. The van der Waals surface area contributed by atoms with Gasteiger partial charge in [-0.05, 0) is 31.7 Å². The van der Waals surface area contributed by atoms with Crippen molar-refractivity contribution < 1.29 is 34.2 Å². The van der Waals surface area contributed by atoms with Crippen LogP contribution in [0.1, 0.15) is 51.6 Å². The van der Waals surface area contributed by atoms with Crippen LogP contribution in [0.3, 0.4) is 0 Å². The van der Waals surface area contributed by atoms with E-state index in [2.05, 4.69) is 31.2 Å². The number of aromatic amines is 1. The molecule has 1 saturated heterocycles. The molecule has 1 aliphatic rings. The number of H-pyrrole nitrogens is 1. The van der Waals surface area contributed by atoms with Crippen LogP contribution >= 0.6 is 0 Å². The molecule has 7 N–H and O–H groups in total. The van der Waals surface area contributed by atoms with E-state index in [0.29, 0.717) is 25.1 Å². The third kappa shape index (κ3) is 8.67. The normalized spacial score (nSPS) is 18.6. The van der Waals surface area contributed by atoms with Crippen molar-refractivity contribution in [3.05, 3.63) is 18.2 Å². The number of hydrogen-bond donors (Lipinski definition) is 7. The van der Waals surface area contributed by atoms with E-state index in [-0.39, 0.29) is 18.7 Å². The summed E-state index contributed by atoms with van der Waals surface area (Å²) < 4.78 is 0. The molecule has 0 bridgehead atoms. The average Bonchev–Trinajstić information content (AvgIpc) is 3.53. The number of carboxylic acids is 2. The number of nitrogens with zero attached hydrogens (tertiary/aromatic N) is 1.